The number of carboxylic acid groups (broad SMARTS) is 2. The van der Waals surface area contributed by atoms with Crippen LogP contribution in [0.25, 0.3) is 43.1 Å². The van der Waals surface area contributed by atoms with Crippen LogP contribution in [0.2, 0.25) is 0 Å². The highest BCUT2D eigenvalue weighted by molar-refractivity contribution is 7.20. The molecule has 0 spiro atoms. The van der Waals surface area contributed by atoms with Gasteiger partial charge >= 0.3 is 11.9 Å². The van der Waals surface area contributed by atoms with Gasteiger partial charge in [-0.15, -0.1) is 11.3 Å². The summed E-state index contributed by atoms with van der Waals surface area (Å²) >= 11 is 1.69. The highest BCUT2D eigenvalue weighted by Gasteiger charge is 2.23. The first-order chi connectivity index (χ1) is 18.0. The Morgan fingerprint density at radius 3 is 1.16 bits per heavy atom. The van der Waals surface area contributed by atoms with Gasteiger partial charge in [0.25, 0.3) is 0 Å². The quantitative estimate of drug-likeness (QED) is 0.227. The van der Waals surface area contributed by atoms with Gasteiger partial charge in [0.2, 0.25) is 0 Å². The Labute approximate surface area is 219 Å². The third kappa shape index (κ3) is 5.37. The van der Waals surface area contributed by atoms with Crippen LogP contribution in [-0.2, 0) is 22.4 Å². The maximum absolute atomic E-state index is 11.2. The Bertz CT molecular complexity index is 1420. The maximum atomic E-state index is 11.2. The number of carboxylic acids is 2. The zero-order valence-electron chi connectivity index (χ0n) is 19.9. The fourth-order valence-corrected chi connectivity index (χ4v) is 5.85. The number of thiophene rings is 1. The molecule has 0 amide bonds. The van der Waals surface area contributed by atoms with E-state index in [-0.39, 0.29) is 12.8 Å². The van der Waals surface area contributed by atoms with Crippen LogP contribution in [0.4, 0.5) is 0 Å². The van der Waals surface area contributed by atoms with Crippen LogP contribution in [0.5, 0.6) is 0 Å². The van der Waals surface area contributed by atoms with Gasteiger partial charge in [0.15, 0.2) is 0 Å². The van der Waals surface area contributed by atoms with E-state index in [9.17, 15) is 19.8 Å². The molecule has 0 radical (unpaired) electrons. The summed E-state index contributed by atoms with van der Waals surface area (Å²) in [6.07, 6.45) is -0.0288. The van der Waals surface area contributed by atoms with Crippen molar-refractivity contribution in [3.8, 4) is 43.1 Å². The molecule has 0 aliphatic rings. The van der Waals surface area contributed by atoms with Gasteiger partial charge in [0, 0.05) is 20.9 Å². The Balaban J connectivity index is 1.74. The molecule has 0 aliphatic heterocycles. The monoisotopic (exact) mass is 504 g/mol. The lowest BCUT2D eigenvalue weighted by Gasteiger charge is -2.11. The van der Waals surface area contributed by atoms with Gasteiger partial charge in [-0.25, -0.2) is 0 Å². The summed E-state index contributed by atoms with van der Waals surface area (Å²) in [6, 6.07) is 36.0. The molecule has 4 aromatic carbocycles. The van der Waals surface area contributed by atoms with E-state index in [2.05, 4.69) is 24.3 Å². The van der Waals surface area contributed by atoms with E-state index >= 15 is 0 Å². The van der Waals surface area contributed by atoms with Crippen molar-refractivity contribution in [1.82, 2.24) is 0 Å². The van der Waals surface area contributed by atoms with Crippen LogP contribution >= 0.6 is 11.3 Å². The lowest BCUT2D eigenvalue weighted by molar-refractivity contribution is -0.137. The van der Waals surface area contributed by atoms with Gasteiger partial charge in [0.1, 0.15) is 0 Å². The van der Waals surface area contributed by atoms with E-state index in [4.69, 9.17) is 0 Å². The first-order valence-electron chi connectivity index (χ1n) is 11.9. The van der Waals surface area contributed by atoms with E-state index in [0.29, 0.717) is 0 Å². The van der Waals surface area contributed by atoms with Crippen molar-refractivity contribution in [2.75, 3.05) is 0 Å². The van der Waals surface area contributed by atoms with Gasteiger partial charge in [-0.05, 0) is 33.4 Å². The van der Waals surface area contributed by atoms with Crippen molar-refractivity contribution in [3.05, 3.63) is 120 Å². The average Bonchev–Trinajstić information content (AvgIpc) is 3.30. The number of carbonyl (C=O) groups is 2. The summed E-state index contributed by atoms with van der Waals surface area (Å²) in [5.41, 5.74) is 7.97. The zero-order chi connectivity index (χ0) is 25.8. The normalized spacial score (nSPS) is 10.8. The topological polar surface area (TPSA) is 74.6 Å². The number of hydrogen-bond donors (Lipinski definition) is 2. The summed E-state index contributed by atoms with van der Waals surface area (Å²) in [4.78, 5) is 24.5. The molecule has 0 atom stereocenters. The molecule has 0 aliphatic carbocycles. The molecule has 0 bridgehead atoms. The fraction of sp³-hybridized carbons (Fsp3) is 0.0625. The van der Waals surface area contributed by atoms with Gasteiger partial charge < -0.3 is 10.2 Å². The molecule has 0 fully saturated rings. The third-order valence-corrected chi connectivity index (χ3v) is 7.46. The second-order valence-corrected chi connectivity index (χ2v) is 9.80. The Kier molecular flexibility index (Phi) is 6.97. The molecule has 182 valence electrons. The van der Waals surface area contributed by atoms with Crippen LogP contribution in [-0.4, -0.2) is 22.2 Å². The van der Waals surface area contributed by atoms with Gasteiger partial charge in [-0.3, -0.25) is 9.59 Å². The number of aliphatic carboxylic acids is 2. The Morgan fingerprint density at radius 2 is 0.838 bits per heavy atom. The van der Waals surface area contributed by atoms with Crippen LogP contribution in [0, 0.1) is 0 Å². The average molecular weight is 505 g/mol. The van der Waals surface area contributed by atoms with Crippen LogP contribution < -0.4 is 0 Å². The minimum absolute atomic E-state index is 0.0144. The molecule has 5 heteroatoms. The van der Waals surface area contributed by atoms with E-state index in [0.717, 1.165) is 54.3 Å². The summed E-state index contributed by atoms with van der Waals surface area (Å²) in [5, 5.41) is 18.4. The standard InChI is InChI=1S/C32H24O4S/c33-27(34)19-21-11-15-25(16-12-21)31-29(23-7-3-1-4-8-23)30(24-9-5-2-6-10-24)32(37-31)26-17-13-22(14-18-26)20-28(35)36/h1-18H,19-20H2,(H,33,34)(H,35,36). The molecule has 1 aromatic heterocycles. The number of hydrogen-bond acceptors (Lipinski definition) is 3. The highest BCUT2D eigenvalue weighted by Crippen LogP contribution is 2.51. The molecular formula is C32H24O4S. The Hall–Kier alpha value is -4.48. The zero-order valence-corrected chi connectivity index (χ0v) is 20.7. The largest absolute Gasteiger partial charge is 0.481 e. The third-order valence-electron chi connectivity index (χ3n) is 6.18. The predicted molar refractivity (Wildman–Crippen MR) is 149 cm³/mol. The molecule has 2 N–H and O–H groups in total. The number of benzene rings is 4. The molecule has 5 aromatic rings. The minimum Gasteiger partial charge on any atom is -0.481 e. The molecular weight excluding hydrogens is 480 g/mol. The van der Waals surface area contributed by atoms with Crippen LogP contribution in [0.15, 0.2) is 109 Å². The maximum Gasteiger partial charge on any atom is 0.307 e. The van der Waals surface area contributed by atoms with Crippen LogP contribution in [0.3, 0.4) is 0 Å². The van der Waals surface area contributed by atoms with Crippen molar-refractivity contribution in [2.45, 2.75) is 12.8 Å². The predicted octanol–water partition coefficient (Wildman–Crippen LogP) is 7.67. The van der Waals surface area contributed by atoms with E-state index < -0.39 is 11.9 Å². The van der Waals surface area contributed by atoms with Crippen molar-refractivity contribution in [3.63, 3.8) is 0 Å². The number of rotatable bonds is 8. The van der Waals surface area contributed by atoms with E-state index in [1.807, 2.05) is 84.9 Å². The highest BCUT2D eigenvalue weighted by atomic mass is 32.1. The van der Waals surface area contributed by atoms with Crippen LogP contribution in [0.1, 0.15) is 11.1 Å². The molecule has 4 nitrogen and oxygen atoms in total. The van der Waals surface area contributed by atoms with E-state index in [1.165, 1.54) is 0 Å². The molecule has 0 saturated heterocycles. The second kappa shape index (κ2) is 10.6. The van der Waals surface area contributed by atoms with Gasteiger partial charge in [-0.1, -0.05) is 109 Å². The Morgan fingerprint density at radius 1 is 0.486 bits per heavy atom. The lowest BCUT2D eigenvalue weighted by Crippen LogP contribution is -1.99. The first kappa shape index (κ1) is 24.2. The molecule has 0 unspecified atom stereocenters. The summed E-state index contributed by atoms with van der Waals surface area (Å²) in [6.45, 7) is 0. The van der Waals surface area contributed by atoms with Crippen molar-refractivity contribution in [2.24, 2.45) is 0 Å². The second-order valence-electron chi connectivity index (χ2n) is 8.78. The summed E-state index contributed by atoms with van der Waals surface area (Å²) in [5.74, 6) is -1.71. The fourth-order valence-electron chi connectivity index (χ4n) is 4.50. The first-order valence-corrected chi connectivity index (χ1v) is 12.7. The lowest BCUT2D eigenvalue weighted by atomic mass is 9.91. The summed E-state index contributed by atoms with van der Waals surface area (Å²) in [7, 11) is 0. The molecule has 37 heavy (non-hydrogen) atoms. The molecule has 5 rings (SSSR count). The van der Waals surface area contributed by atoms with Crippen molar-refractivity contribution < 1.29 is 19.8 Å². The van der Waals surface area contributed by atoms with E-state index in [1.54, 1.807) is 11.3 Å². The smallest absolute Gasteiger partial charge is 0.307 e. The van der Waals surface area contributed by atoms with Gasteiger partial charge in [-0.2, -0.15) is 0 Å². The van der Waals surface area contributed by atoms with Crippen molar-refractivity contribution in [1.29, 1.82) is 0 Å². The molecule has 0 saturated carbocycles. The SMILES string of the molecule is O=C(O)Cc1ccc(-c2sc(-c3ccc(CC(=O)O)cc3)c(-c3ccccc3)c2-c2ccccc2)cc1. The summed E-state index contributed by atoms with van der Waals surface area (Å²) < 4.78 is 0. The molecule has 1 heterocycles. The van der Waals surface area contributed by atoms with Gasteiger partial charge in [0.05, 0.1) is 12.8 Å². The van der Waals surface area contributed by atoms with Crippen molar-refractivity contribution >= 4 is 23.3 Å². The minimum atomic E-state index is -0.853.